The van der Waals surface area contributed by atoms with Gasteiger partial charge in [0.1, 0.15) is 10.9 Å². The van der Waals surface area contributed by atoms with Crippen LogP contribution in [0.15, 0.2) is 42.6 Å². The fourth-order valence-corrected chi connectivity index (χ4v) is 1.94. The normalized spacial score (nSPS) is 10.2. The monoisotopic (exact) mass is 275 g/mol. The maximum absolute atomic E-state index is 12.0. The van der Waals surface area contributed by atoms with Gasteiger partial charge >= 0.3 is 0 Å². The number of aromatic nitrogens is 1. The maximum atomic E-state index is 12.0. The standard InChI is InChI=1S/C15H14ClNO2/c1-19-13-5-2-11(3-6-13)4-7-14(18)12-8-9-17-15(16)10-12/h2-3,5-6,8-10H,4,7H2,1H3. The summed E-state index contributed by atoms with van der Waals surface area (Å²) >= 11 is 5.76. The molecule has 1 aromatic carbocycles. The third kappa shape index (κ3) is 3.80. The van der Waals surface area contributed by atoms with E-state index in [1.165, 1.54) is 0 Å². The van der Waals surface area contributed by atoms with E-state index in [1.807, 2.05) is 24.3 Å². The summed E-state index contributed by atoms with van der Waals surface area (Å²) in [4.78, 5) is 15.8. The van der Waals surface area contributed by atoms with E-state index < -0.39 is 0 Å². The fraction of sp³-hybridized carbons (Fsp3) is 0.200. The zero-order valence-electron chi connectivity index (χ0n) is 10.6. The number of ether oxygens (including phenoxy) is 1. The van der Waals surface area contributed by atoms with Crippen molar-refractivity contribution in [3.8, 4) is 5.75 Å². The molecule has 2 aromatic rings. The van der Waals surface area contributed by atoms with Gasteiger partial charge in [-0.3, -0.25) is 4.79 Å². The van der Waals surface area contributed by atoms with Gasteiger partial charge in [-0.2, -0.15) is 0 Å². The van der Waals surface area contributed by atoms with Crippen molar-refractivity contribution in [3.05, 3.63) is 58.9 Å². The lowest BCUT2D eigenvalue weighted by molar-refractivity contribution is 0.0982. The van der Waals surface area contributed by atoms with Crippen LogP contribution in [0.5, 0.6) is 5.75 Å². The number of benzene rings is 1. The minimum atomic E-state index is 0.0696. The molecule has 0 saturated heterocycles. The van der Waals surface area contributed by atoms with Crippen molar-refractivity contribution < 1.29 is 9.53 Å². The Bertz CT molecular complexity index is 567. The first-order chi connectivity index (χ1) is 9.19. The Morgan fingerprint density at radius 2 is 2.00 bits per heavy atom. The van der Waals surface area contributed by atoms with Crippen molar-refractivity contribution >= 4 is 17.4 Å². The molecule has 19 heavy (non-hydrogen) atoms. The van der Waals surface area contributed by atoms with Crippen LogP contribution in [0.25, 0.3) is 0 Å². The molecule has 0 atom stereocenters. The highest BCUT2D eigenvalue weighted by atomic mass is 35.5. The first kappa shape index (κ1) is 13.6. The van der Waals surface area contributed by atoms with Gasteiger partial charge in [0.05, 0.1) is 7.11 Å². The average Bonchev–Trinajstić information content (AvgIpc) is 2.45. The number of carbonyl (C=O) groups is 1. The zero-order valence-corrected chi connectivity index (χ0v) is 11.4. The summed E-state index contributed by atoms with van der Waals surface area (Å²) in [6.45, 7) is 0. The van der Waals surface area contributed by atoms with Crippen LogP contribution in [0.4, 0.5) is 0 Å². The molecule has 0 saturated carbocycles. The molecule has 0 amide bonds. The fourth-order valence-electron chi connectivity index (χ4n) is 1.77. The van der Waals surface area contributed by atoms with Gasteiger partial charge in [-0.05, 0) is 36.2 Å². The van der Waals surface area contributed by atoms with Gasteiger partial charge in [0.25, 0.3) is 0 Å². The van der Waals surface area contributed by atoms with Gasteiger partial charge in [0, 0.05) is 18.2 Å². The second kappa shape index (κ2) is 6.34. The van der Waals surface area contributed by atoms with E-state index in [0.29, 0.717) is 23.6 Å². The van der Waals surface area contributed by atoms with Gasteiger partial charge in [-0.1, -0.05) is 23.7 Å². The second-order valence-electron chi connectivity index (χ2n) is 4.14. The quantitative estimate of drug-likeness (QED) is 0.619. The summed E-state index contributed by atoms with van der Waals surface area (Å²) in [6, 6.07) is 11.0. The Labute approximate surface area is 117 Å². The van der Waals surface area contributed by atoms with E-state index in [1.54, 1.807) is 25.4 Å². The summed E-state index contributed by atoms with van der Waals surface area (Å²) in [7, 11) is 1.63. The highest BCUT2D eigenvalue weighted by Crippen LogP contribution is 2.14. The molecule has 0 aliphatic rings. The molecule has 2 rings (SSSR count). The van der Waals surface area contributed by atoms with Crippen LogP contribution in [0.2, 0.25) is 5.15 Å². The van der Waals surface area contributed by atoms with Crippen molar-refractivity contribution in [2.45, 2.75) is 12.8 Å². The van der Waals surface area contributed by atoms with E-state index >= 15 is 0 Å². The molecule has 0 aliphatic heterocycles. The zero-order chi connectivity index (χ0) is 13.7. The minimum Gasteiger partial charge on any atom is -0.497 e. The van der Waals surface area contributed by atoms with E-state index in [9.17, 15) is 4.79 Å². The number of Topliss-reactive ketones (excluding diaryl/α,β-unsaturated/α-hetero) is 1. The molecule has 3 nitrogen and oxygen atoms in total. The Kier molecular flexibility index (Phi) is 4.53. The number of methoxy groups -OCH3 is 1. The molecule has 4 heteroatoms. The van der Waals surface area contributed by atoms with Gasteiger partial charge in [-0.15, -0.1) is 0 Å². The van der Waals surface area contributed by atoms with Crippen molar-refractivity contribution in [3.63, 3.8) is 0 Å². The van der Waals surface area contributed by atoms with Crippen LogP contribution >= 0.6 is 11.6 Å². The Morgan fingerprint density at radius 1 is 1.26 bits per heavy atom. The lowest BCUT2D eigenvalue weighted by atomic mass is 10.0. The predicted octanol–water partition coefficient (Wildman–Crippen LogP) is 3.56. The molecule has 0 spiro atoms. The lowest BCUT2D eigenvalue weighted by Crippen LogP contribution is -2.01. The topological polar surface area (TPSA) is 39.2 Å². The number of nitrogens with zero attached hydrogens (tertiary/aromatic N) is 1. The molecule has 1 heterocycles. The van der Waals surface area contributed by atoms with E-state index in [0.717, 1.165) is 11.3 Å². The SMILES string of the molecule is COc1ccc(CCC(=O)c2ccnc(Cl)c2)cc1. The summed E-state index contributed by atoms with van der Waals surface area (Å²) < 4.78 is 5.09. The van der Waals surface area contributed by atoms with Crippen molar-refractivity contribution in [2.75, 3.05) is 7.11 Å². The third-order valence-electron chi connectivity index (χ3n) is 2.85. The molecular formula is C15H14ClNO2. The Balaban J connectivity index is 1.96. The molecule has 0 bridgehead atoms. The number of ketones is 1. The highest BCUT2D eigenvalue weighted by Gasteiger charge is 2.07. The Hall–Kier alpha value is -1.87. The van der Waals surface area contributed by atoms with Crippen molar-refractivity contribution in [2.24, 2.45) is 0 Å². The molecule has 98 valence electrons. The van der Waals surface area contributed by atoms with Crippen molar-refractivity contribution in [1.29, 1.82) is 0 Å². The van der Waals surface area contributed by atoms with Gasteiger partial charge in [0.15, 0.2) is 5.78 Å². The maximum Gasteiger partial charge on any atom is 0.163 e. The van der Waals surface area contributed by atoms with Crippen LogP contribution in [0.3, 0.4) is 0 Å². The summed E-state index contributed by atoms with van der Waals surface area (Å²) in [5, 5.41) is 0.343. The largest absolute Gasteiger partial charge is 0.497 e. The molecule has 0 radical (unpaired) electrons. The minimum absolute atomic E-state index is 0.0696. The summed E-state index contributed by atoms with van der Waals surface area (Å²) in [5.41, 5.74) is 1.71. The van der Waals surface area contributed by atoms with Gasteiger partial charge < -0.3 is 4.74 Å². The molecule has 0 unspecified atom stereocenters. The van der Waals surface area contributed by atoms with Crippen molar-refractivity contribution in [1.82, 2.24) is 4.98 Å². The van der Waals surface area contributed by atoms with E-state index in [2.05, 4.69) is 4.98 Å². The summed E-state index contributed by atoms with van der Waals surface area (Å²) in [5.74, 6) is 0.885. The predicted molar refractivity (Wildman–Crippen MR) is 74.9 cm³/mol. The first-order valence-corrected chi connectivity index (χ1v) is 6.34. The number of aryl methyl sites for hydroxylation is 1. The number of rotatable bonds is 5. The summed E-state index contributed by atoms with van der Waals surface area (Å²) in [6.07, 6.45) is 2.69. The number of carbonyl (C=O) groups excluding carboxylic acids is 1. The number of pyridine rings is 1. The highest BCUT2D eigenvalue weighted by molar-refractivity contribution is 6.29. The molecule has 0 aliphatic carbocycles. The third-order valence-corrected chi connectivity index (χ3v) is 3.06. The molecular weight excluding hydrogens is 262 g/mol. The molecule has 0 fully saturated rings. The smallest absolute Gasteiger partial charge is 0.163 e. The van der Waals surface area contributed by atoms with Gasteiger partial charge in [0.2, 0.25) is 0 Å². The average molecular weight is 276 g/mol. The van der Waals surface area contributed by atoms with Crippen LogP contribution in [0.1, 0.15) is 22.3 Å². The van der Waals surface area contributed by atoms with Crippen LogP contribution < -0.4 is 4.74 Å². The second-order valence-corrected chi connectivity index (χ2v) is 4.53. The van der Waals surface area contributed by atoms with Crippen LogP contribution in [0, 0.1) is 0 Å². The Morgan fingerprint density at radius 3 is 2.63 bits per heavy atom. The first-order valence-electron chi connectivity index (χ1n) is 5.97. The molecule has 0 N–H and O–H groups in total. The van der Waals surface area contributed by atoms with Gasteiger partial charge in [-0.25, -0.2) is 4.98 Å². The van der Waals surface area contributed by atoms with E-state index in [-0.39, 0.29) is 5.78 Å². The number of hydrogen-bond donors (Lipinski definition) is 0. The lowest BCUT2D eigenvalue weighted by Gasteiger charge is -2.04. The molecule has 1 aromatic heterocycles. The van der Waals surface area contributed by atoms with Crippen LogP contribution in [-0.4, -0.2) is 17.9 Å². The van der Waals surface area contributed by atoms with Crippen LogP contribution in [-0.2, 0) is 6.42 Å². The number of halogens is 1. The van der Waals surface area contributed by atoms with E-state index in [4.69, 9.17) is 16.3 Å². The number of hydrogen-bond acceptors (Lipinski definition) is 3.